The number of benzene rings is 1. The van der Waals surface area contributed by atoms with Crippen molar-refractivity contribution in [2.75, 3.05) is 27.1 Å². The molecule has 0 unspecified atom stereocenters. The summed E-state index contributed by atoms with van der Waals surface area (Å²) in [5, 5.41) is 0. The van der Waals surface area contributed by atoms with Gasteiger partial charge in [-0.25, -0.2) is 4.79 Å². The highest BCUT2D eigenvalue weighted by atomic mass is 16.7. The van der Waals surface area contributed by atoms with Gasteiger partial charge in [0.05, 0.1) is 12.7 Å². The molecule has 2 N–H and O–H groups in total. The molecular weight excluding hydrogens is 210 g/mol. The second-order valence-electron chi connectivity index (χ2n) is 3.14. The molecular formula is C11H15NO4. The Kier molecular flexibility index (Phi) is 4.28. The molecule has 0 aromatic heterocycles. The fraction of sp³-hybridized carbons (Fsp3) is 0.364. The van der Waals surface area contributed by atoms with E-state index in [9.17, 15) is 4.79 Å². The van der Waals surface area contributed by atoms with Gasteiger partial charge in [0.25, 0.3) is 0 Å². The number of hydrogen-bond donors (Lipinski definition) is 1. The van der Waals surface area contributed by atoms with Crippen molar-refractivity contribution in [1.82, 2.24) is 0 Å². The van der Waals surface area contributed by atoms with E-state index in [1.807, 2.05) is 0 Å². The zero-order chi connectivity index (χ0) is 12.1. The molecule has 5 nitrogen and oxygen atoms in total. The van der Waals surface area contributed by atoms with Crippen molar-refractivity contribution >= 4 is 11.7 Å². The topological polar surface area (TPSA) is 70.8 Å². The Balaban J connectivity index is 3.12. The highest BCUT2D eigenvalue weighted by molar-refractivity contribution is 5.90. The van der Waals surface area contributed by atoms with Crippen LogP contribution >= 0.6 is 0 Å². The van der Waals surface area contributed by atoms with Crippen LogP contribution in [0.1, 0.15) is 22.2 Å². The lowest BCUT2D eigenvalue weighted by molar-refractivity contribution is -0.105. The summed E-state index contributed by atoms with van der Waals surface area (Å²) in [6.07, 6.45) is -0.593. The molecule has 5 heteroatoms. The Hall–Kier alpha value is -1.59. The van der Waals surface area contributed by atoms with Gasteiger partial charge in [0, 0.05) is 25.5 Å². The molecule has 0 bridgehead atoms. The van der Waals surface area contributed by atoms with Gasteiger partial charge in [0.1, 0.15) is 0 Å². The first kappa shape index (κ1) is 12.5. The lowest BCUT2D eigenvalue weighted by Crippen LogP contribution is -2.09. The standard InChI is InChI=1S/C11H15NO4/c1-14-10(13)7-4-5-9(12)8(6-7)11(15-2)16-3/h4-6,11H,12H2,1-3H3. The second kappa shape index (κ2) is 5.48. The molecule has 0 spiro atoms. The van der Waals surface area contributed by atoms with Crippen molar-refractivity contribution in [3.8, 4) is 0 Å². The number of nitrogen functional groups attached to an aromatic ring is 1. The number of methoxy groups -OCH3 is 3. The molecule has 88 valence electrons. The summed E-state index contributed by atoms with van der Waals surface area (Å²) >= 11 is 0. The third-order valence-electron chi connectivity index (χ3n) is 2.19. The number of anilines is 1. The lowest BCUT2D eigenvalue weighted by atomic mass is 10.1. The zero-order valence-electron chi connectivity index (χ0n) is 9.52. The van der Waals surface area contributed by atoms with Crippen molar-refractivity contribution in [2.45, 2.75) is 6.29 Å². The molecule has 0 aliphatic rings. The Bertz CT molecular complexity index is 374. The Labute approximate surface area is 94.1 Å². The van der Waals surface area contributed by atoms with E-state index in [0.29, 0.717) is 16.8 Å². The largest absolute Gasteiger partial charge is 0.465 e. The SMILES string of the molecule is COC(=O)c1ccc(N)c(C(OC)OC)c1. The lowest BCUT2D eigenvalue weighted by Gasteiger charge is -2.16. The molecule has 0 aliphatic heterocycles. The van der Waals surface area contributed by atoms with E-state index in [1.54, 1.807) is 18.2 Å². The number of nitrogens with two attached hydrogens (primary N) is 1. The van der Waals surface area contributed by atoms with Crippen LogP contribution in [0.15, 0.2) is 18.2 Å². The van der Waals surface area contributed by atoms with Crippen LogP contribution in [0.4, 0.5) is 5.69 Å². The van der Waals surface area contributed by atoms with Crippen LogP contribution in [-0.2, 0) is 14.2 Å². The van der Waals surface area contributed by atoms with Gasteiger partial charge in [-0.3, -0.25) is 0 Å². The smallest absolute Gasteiger partial charge is 0.337 e. The minimum absolute atomic E-state index is 0.408. The Morgan fingerprint density at radius 2 is 1.88 bits per heavy atom. The van der Waals surface area contributed by atoms with Crippen molar-refractivity contribution in [2.24, 2.45) is 0 Å². The maximum atomic E-state index is 11.3. The van der Waals surface area contributed by atoms with E-state index in [4.69, 9.17) is 15.2 Å². The van der Waals surface area contributed by atoms with Crippen molar-refractivity contribution in [3.05, 3.63) is 29.3 Å². The predicted molar refractivity (Wildman–Crippen MR) is 59.0 cm³/mol. The molecule has 0 amide bonds. The molecule has 0 saturated carbocycles. The summed E-state index contributed by atoms with van der Waals surface area (Å²) < 4.78 is 14.8. The number of ether oxygens (including phenoxy) is 3. The van der Waals surface area contributed by atoms with Gasteiger partial charge in [0.15, 0.2) is 6.29 Å². The third-order valence-corrected chi connectivity index (χ3v) is 2.19. The Morgan fingerprint density at radius 1 is 1.25 bits per heavy atom. The first-order chi connectivity index (χ1) is 7.63. The molecule has 0 heterocycles. The second-order valence-corrected chi connectivity index (χ2v) is 3.14. The van der Waals surface area contributed by atoms with Crippen molar-refractivity contribution in [1.29, 1.82) is 0 Å². The molecule has 1 rings (SSSR count). The first-order valence-corrected chi connectivity index (χ1v) is 4.67. The third kappa shape index (κ3) is 2.50. The van der Waals surface area contributed by atoms with Crippen LogP contribution in [0.25, 0.3) is 0 Å². The van der Waals surface area contributed by atoms with Crippen LogP contribution in [-0.4, -0.2) is 27.3 Å². The van der Waals surface area contributed by atoms with E-state index in [1.165, 1.54) is 21.3 Å². The summed E-state index contributed by atoms with van der Waals surface area (Å²) in [7, 11) is 4.32. The average Bonchev–Trinajstić information content (AvgIpc) is 2.32. The molecule has 1 aromatic rings. The van der Waals surface area contributed by atoms with E-state index in [0.717, 1.165) is 0 Å². The molecule has 0 aliphatic carbocycles. The van der Waals surface area contributed by atoms with Crippen LogP contribution < -0.4 is 5.73 Å². The molecule has 0 saturated heterocycles. The minimum atomic E-state index is -0.593. The van der Waals surface area contributed by atoms with E-state index in [2.05, 4.69) is 4.74 Å². The van der Waals surface area contributed by atoms with E-state index >= 15 is 0 Å². The fourth-order valence-electron chi connectivity index (χ4n) is 1.37. The van der Waals surface area contributed by atoms with Crippen molar-refractivity contribution < 1.29 is 19.0 Å². The molecule has 0 radical (unpaired) electrons. The van der Waals surface area contributed by atoms with Gasteiger partial charge >= 0.3 is 5.97 Å². The summed E-state index contributed by atoms with van der Waals surface area (Å²) in [6, 6.07) is 4.80. The van der Waals surface area contributed by atoms with Crippen molar-refractivity contribution in [3.63, 3.8) is 0 Å². The van der Waals surface area contributed by atoms with Gasteiger partial charge in [-0.15, -0.1) is 0 Å². The summed E-state index contributed by atoms with van der Waals surface area (Å²) in [4.78, 5) is 11.3. The van der Waals surface area contributed by atoms with E-state index < -0.39 is 12.3 Å². The average molecular weight is 225 g/mol. The minimum Gasteiger partial charge on any atom is -0.465 e. The van der Waals surface area contributed by atoms with Gasteiger partial charge in [-0.05, 0) is 18.2 Å². The van der Waals surface area contributed by atoms with Crippen LogP contribution in [0.3, 0.4) is 0 Å². The summed E-state index contributed by atoms with van der Waals surface area (Å²) in [6.45, 7) is 0. The highest BCUT2D eigenvalue weighted by Crippen LogP contribution is 2.25. The molecule has 0 atom stereocenters. The predicted octanol–water partition coefficient (Wildman–Crippen LogP) is 1.35. The summed E-state index contributed by atoms with van der Waals surface area (Å²) in [5.74, 6) is -0.424. The fourth-order valence-corrected chi connectivity index (χ4v) is 1.37. The summed E-state index contributed by atoms with van der Waals surface area (Å²) in [5.41, 5.74) is 7.28. The molecule has 0 fully saturated rings. The highest BCUT2D eigenvalue weighted by Gasteiger charge is 2.15. The van der Waals surface area contributed by atoms with Gasteiger partial charge in [-0.1, -0.05) is 0 Å². The van der Waals surface area contributed by atoms with Crippen LogP contribution in [0, 0.1) is 0 Å². The maximum absolute atomic E-state index is 11.3. The first-order valence-electron chi connectivity index (χ1n) is 4.67. The number of hydrogen-bond acceptors (Lipinski definition) is 5. The van der Waals surface area contributed by atoms with E-state index in [-0.39, 0.29) is 0 Å². The Morgan fingerprint density at radius 3 is 2.38 bits per heavy atom. The number of esters is 1. The van der Waals surface area contributed by atoms with Gasteiger partial charge < -0.3 is 19.9 Å². The van der Waals surface area contributed by atoms with Gasteiger partial charge in [0.2, 0.25) is 0 Å². The monoisotopic (exact) mass is 225 g/mol. The molecule has 1 aromatic carbocycles. The van der Waals surface area contributed by atoms with Crippen LogP contribution in [0.2, 0.25) is 0 Å². The quantitative estimate of drug-likeness (QED) is 0.475. The zero-order valence-corrected chi connectivity index (χ0v) is 9.52. The number of carbonyl (C=O) groups excluding carboxylic acids is 1. The number of carbonyl (C=O) groups is 1. The number of rotatable bonds is 4. The maximum Gasteiger partial charge on any atom is 0.337 e. The molecule has 16 heavy (non-hydrogen) atoms. The normalized spacial score (nSPS) is 10.5. The van der Waals surface area contributed by atoms with Crippen LogP contribution in [0.5, 0.6) is 0 Å². The van der Waals surface area contributed by atoms with Gasteiger partial charge in [-0.2, -0.15) is 0 Å².